The van der Waals surface area contributed by atoms with Crippen molar-refractivity contribution < 1.29 is 14.3 Å². The molecule has 2 aromatic heterocycles. The van der Waals surface area contributed by atoms with E-state index in [9.17, 15) is 4.79 Å². The third kappa shape index (κ3) is 5.06. The monoisotopic (exact) mass is 489 g/mol. The van der Waals surface area contributed by atoms with Gasteiger partial charge < -0.3 is 24.6 Å². The average Bonchev–Trinajstić information content (AvgIpc) is 3.34. The molecule has 0 unspecified atom stereocenters. The van der Waals surface area contributed by atoms with Crippen LogP contribution in [-0.4, -0.2) is 62.9 Å². The highest BCUT2D eigenvalue weighted by atomic mass is 32.1. The van der Waals surface area contributed by atoms with Gasteiger partial charge in [0.2, 0.25) is 5.91 Å². The first-order chi connectivity index (χ1) is 17.1. The van der Waals surface area contributed by atoms with Gasteiger partial charge in [-0.2, -0.15) is 0 Å². The van der Waals surface area contributed by atoms with E-state index in [-0.39, 0.29) is 12.5 Å². The van der Waals surface area contributed by atoms with Crippen LogP contribution in [0.15, 0.2) is 60.2 Å². The van der Waals surface area contributed by atoms with E-state index in [1.807, 2.05) is 60.5 Å². The lowest BCUT2D eigenvalue weighted by Crippen LogP contribution is -2.36. The highest BCUT2D eigenvalue weighted by Gasteiger charge is 2.18. The average molecular weight is 490 g/mol. The Bertz CT molecular complexity index is 1300. The summed E-state index contributed by atoms with van der Waals surface area (Å²) in [5.41, 5.74) is 3.98. The molecule has 9 heteroatoms. The van der Waals surface area contributed by atoms with Crippen molar-refractivity contribution in [3.8, 4) is 16.9 Å². The summed E-state index contributed by atoms with van der Waals surface area (Å²) in [7, 11) is 3.53. The molecular formula is C26H27N5O3S. The maximum Gasteiger partial charge on any atom is 0.243 e. The molecule has 3 heterocycles. The first kappa shape index (κ1) is 23.1. The lowest BCUT2D eigenvalue weighted by Gasteiger charge is -2.29. The largest absolute Gasteiger partial charge is 0.497 e. The molecule has 0 radical (unpaired) electrons. The molecule has 0 aliphatic carbocycles. The Hall–Kier alpha value is -3.69. The molecule has 1 N–H and O–H groups in total. The minimum atomic E-state index is -0.111. The predicted molar refractivity (Wildman–Crippen MR) is 141 cm³/mol. The number of morpholine rings is 1. The first-order valence-corrected chi connectivity index (χ1v) is 12.3. The maximum atomic E-state index is 12.8. The van der Waals surface area contributed by atoms with Crippen molar-refractivity contribution in [1.29, 1.82) is 0 Å². The van der Waals surface area contributed by atoms with E-state index in [2.05, 4.69) is 25.6 Å². The SMILES string of the molecule is COc1ccc(-c2csc3ncnc(N(C)CC(=O)Nc4ccc(N5CCOCC5)cc4)c23)cc1. The molecule has 5 rings (SSSR count). The quantitative estimate of drug-likeness (QED) is 0.415. The number of fused-ring (bicyclic) bond motifs is 1. The molecule has 1 aliphatic rings. The molecule has 1 aliphatic heterocycles. The zero-order valence-corrected chi connectivity index (χ0v) is 20.5. The lowest BCUT2D eigenvalue weighted by atomic mass is 10.1. The van der Waals surface area contributed by atoms with Crippen LogP contribution in [0.25, 0.3) is 21.3 Å². The summed E-state index contributed by atoms with van der Waals surface area (Å²) >= 11 is 1.56. The van der Waals surface area contributed by atoms with Gasteiger partial charge in [-0.3, -0.25) is 4.79 Å². The number of aromatic nitrogens is 2. The van der Waals surface area contributed by atoms with Crippen LogP contribution in [0.5, 0.6) is 5.75 Å². The van der Waals surface area contributed by atoms with Crippen molar-refractivity contribution in [1.82, 2.24) is 9.97 Å². The molecule has 1 fully saturated rings. The summed E-state index contributed by atoms with van der Waals surface area (Å²) < 4.78 is 10.7. The molecule has 35 heavy (non-hydrogen) atoms. The van der Waals surface area contributed by atoms with Gasteiger partial charge in [0, 0.05) is 42.5 Å². The van der Waals surface area contributed by atoms with E-state index >= 15 is 0 Å². The van der Waals surface area contributed by atoms with Gasteiger partial charge >= 0.3 is 0 Å². The van der Waals surface area contributed by atoms with Crippen LogP contribution in [0.1, 0.15) is 0 Å². The van der Waals surface area contributed by atoms with E-state index in [0.717, 1.165) is 70.6 Å². The van der Waals surface area contributed by atoms with Crippen LogP contribution in [0.4, 0.5) is 17.2 Å². The zero-order chi connectivity index (χ0) is 24.2. The standard InChI is InChI=1S/C26H27N5O3S/c1-30(15-23(32)29-19-5-7-20(8-6-19)31-11-13-34-14-12-31)25-24-22(16-35-26(24)28-17-27-25)18-3-9-21(33-2)10-4-18/h3-10,16-17H,11-15H2,1-2H3,(H,29,32). The molecule has 4 aromatic rings. The Kier molecular flexibility index (Phi) is 6.78. The van der Waals surface area contributed by atoms with Crippen molar-refractivity contribution in [2.75, 3.05) is 62.1 Å². The van der Waals surface area contributed by atoms with E-state index in [1.54, 1.807) is 24.8 Å². The molecular weight excluding hydrogens is 462 g/mol. The van der Waals surface area contributed by atoms with Crippen LogP contribution in [-0.2, 0) is 9.53 Å². The van der Waals surface area contributed by atoms with Crippen molar-refractivity contribution >= 4 is 44.7 Å². The number of carbonyl (C=O) groups is 1. The topological polar surface area (TPSA) is 79.8 Å². The lowest BCUT2D eigenvalue weighted by molar-refractivity contribution is -0.114. The van der Waals surface area contributed by atoms with Crippen molar-refractivity contribution in [2.24, 2.45) is 0 Å². The Morgan fingerprint density at radius 2 is 1.86 bits per heavy atom. The van der Waals surface area contributed by atoms with Gasteiger partial charge in [0.1, 0.15) is 22.7 Å². The number of hydrogen-bond donors (Lipinski definition) is 1. The van der Waals surface area contributed by atoms with Gasteiger partial charge in [0.25, 0.3) is 0 Å². The number of amides is 1. The van der Waals surface area contributed by atoms with E-state index in [1.165, 1.54) is 0 Å². The van der Waals surface area contributed by atoms with Crippen LogP contribution < -0.4 is 19.9 Å². The molecule has 8 nitrogen and oxygen atoms in total. The number of nitrogens with one attached hydrogen (secondary N) is 1. The fraction of sp³-hybridized carbons (Fsp3) is 0.269. The fourth-order valence-corrected chi connectivity index (χ4v) is 5.11. The summed E-state index contributed by atoms with van der Waals surface area (Å²) in [6.45, 7) is 3.40. The van der Waals surface area contributed by atoms with Gasteiger partial charge in [-0.15, -0.1) is 11.3 Å². The van der Waals surface area contributed by atoms with Crippen LogP contribution >= 0.6 is 11.3 Å². The predicted octanol–water partition coefficient (Wildman–Crippen LogP) is 4.28. The van der Waals surface area contributed by atoms with Gasteiger partial charge in [-0.25, -0.2) is 9.97 Å². The Labute approximate surface area is 208 Å². The second-order valence-electron chi connectivity index (χ2n) is 8.31. The highest BCUT2D eigenvalue weighted by molar-refractivity contribution is 7.17. The molecule has 1 saturated heterocycles. The van der Waals surface area contributed by atoms with E-state index < -0.39 is 0 Å². The Morgan fingerprint density at radius 3 is 2.57 bits per heavy atom. The smallest absolute Gasteiger partial charge is 0.243 e. The fourth-order valence-electron chi connectivity index (χ4n) is 4.20. The summed E-state index contributed by atoms with van der Waals surface area (Å²) in [5.74, 6) is 1.41. The van der Waals surface area contributed by atoms with Gasteiger partial charge in [-0.05, 0) is 42.0 Å². The number of rotatable bonds is 7. The van der Waals surface area contributed by atoms with Gasteiger partial charge in [-0.1, -0.05) is 12.1 Å². The second-order valence-corrected chi connectivity index (χ2v) is 9.16. The van der Waals surface area contributed by atoms with Crippen molar-refractivity contribution in [3.63, 3.8) is 0 Å². The third-order valence-corrected chi connectivity index (χ3v) is 6.91. The molecule has 180 valence electrons. The maximum absolute atomic E-state index is 12.8. The van der Waals surface area contributed by atoms with E-state index in [4.69, 9.17) is 9.47 Å². The summed E-state index contributed by atoms with van der Waals surface area (Å²) in [6.07, 6.45) is 1.55. The third-order valence-electron chi connectivity index (χ3n) is 6.02. The zero-order valence-electron chi connectivity index (χ0n) is 19.7. The van der Waals surface area contributed by atoms with Crippen LogP contribution in [0.2, 0.25) is 0 Å². The molecule has 0 saturated carbocycles. The Morgan fingerprint density at radius 1 is 1.11 bits per heavy atom. The number of thiophene rings is 1. The van der Waals surface area contributed by atoms with Crippen molar-refractivity contribution in [3.05, 3.63) is 60.2 Å². The van der Waals surface area contributed by atoms with Crippen LogP contribution in [0, 0.1) is 0 Å². The molecule has 0 bridgehead atoms. The van der Waals surface area contributed by atoms with Crippen LogP contribution in [0.3, 0.4) is 0 Å². The summed E-state index contributed by atoms with van der Waals surface area (Å²) in [5, 5.41) is 6.01. The number of ether oxygens (including phenoxy) is 2. The number of benzene rings is 2. The first-order valence-electron chi connectivity index (χ1n) is 11.4. The minimum absolute atomic E-state index is 0.111. The second kappa shape index (κ2) is 10.3. The normalized spacial score (nSPS) is 13.6. The summed E-state index contributed by atoms with van der Waals surface area (Å²) in [4.78, 5) is 26.8. The number of anilines is 3. The number of nitrogens with zero attached hydrogens (tertiary/aromatic N) is 4. The van der Waals surface area contributed by atoms with E-state index in [0.29, 0.717) is 0 Å². The number of carbonyl (C=O) groups excluding carboxylic acids is 1. The van der Waals surface area contributed by atoms with Gasteiger partial charge in [0.05, 0.1) is 32.3 Å². The number of hydrogen-bond acceptors (Lipinski definition) is 8. The van der Waals surface area contributed by atoms with Crippen molar-refractivity contribution in [2.45, 2.75) is 0 Å². The molecule has 1 amide bonds. The number of likely N-dealkylation sites (N-methyl/N-ethyl adjacent to an activating group) is 1. The molecule has 2 aromatic carbocycles. The highest BCUT2D eigenvalue weighted by Crippen LogP contribution is 2.38. The summed E-state index contributed by atoms with van der Waals surface area (Å²) in [6, 6.07) is 15.8. The minimum Gasteiger partial charge on any atom is -0.497 e. The molecule has 0 spiro atoms. The number of methoxy groups -OCH3 is 1. The Balaban J connectivity index is 1.30. The molecule has 0 atom stereocenters. The van der Waals surface area contributed by atoms with Gasteiger partial charge in [0.15, 0.2) is 0 Å².